The molecular formula is C11H7Cl2NO4. The highest BCUT2D eigenvalue weighted by Crippen LogP contribution is 2.36. The van der Waals surface area contributed by atoms with Gasteiger partial charge in [0.2, 0.25) is 0 Å². The van der Waals surface area contributed by atoms with Crippen LogP contribution in [0, 0.1) is 0 Å². The third-order valence-electron chi connectivity index (χ3n) is 2.51. The summed E-state index contributed by atoms with van der Waals surface area (Å²) in [6.07, 6.45) is 0. The van der Waals surface area contributed by atoms with Crippen molar-refractivity contribution in [2.75, 3.05) is 18.6 Å². The van der Waals surface area contributed by atoms with Gasteiger partial charge in [-0.15, -0.1) is 0 Å². The molecule has 0 aliphatic carbocycles. The van der Waals surface area contributed by atoms with E-state index in [1.165, 1.54) is 19.2 Å². The van der Waals surface area contributed by atoms with E-state index < -0.39 is 17.7 Å². The summed E-state index contributed by atoms with van der Waals surface area (Å²) in [6, 6.07) is 2.78. The lowest BCUT2D eigenvalue weighted by Crippen LogP contribution is -2.35. The number of ether oxygens (including phenoxy) is 1. The summed E-state index contributed by atoms with van der Waals surface area (Å²) in [5.41, 5.74) is 0.294. The lowest BCUT2D eigenvalue weighted by Gasteiger charge is -2.14. The lowest BCUT2D eigenvalue weighted by atomic mass is 10.1. The van der Waals surface area contributed by atoms with Crippen LogP contribution in [0.5, 0.6) is 0 Å². The first-order chi connectivity index (χ1) is 8.45. The highest BCUT2D eigenvalue weighted by Gasteiger charge is 2.39. The molecule has 18 heavy (non-hydrogen) atoms. The van der Waals surface area contributed by atoms with Gasteiger partial charge in [0.1, 0.15) is 6.54 Å². The maximum Gasteiger partial charge on any atom is 0.325 e. The summed E-state index contributed by atoms with van der Waals surface area (Å²) in [7, 11) is 1.19. The number of anilines is 1. The van der Waals surface area contributed by atoms with Crippen molar-refractivity contribution in [3.63, 3.8) is 0 Å². The Balaban J connectivity index is 2.51. The molecule has 0 saturated carbocycles. The maximum atomic E-state index is 11.7. The number of benzene rings is 1. The zero-order valence-corrected chi connectivity index (χ0v) is 10.7. The van der Waals surface area contributed by atoms with Gasteiger partial charge in [-0.1, -0.05) is 23.2 Å². The molecule has 1 amide bonds. The van der Waals surface area contributed by atoms with Gasteiger partial charge in [-0.2, -0.15) is 0 Å². The molecule has 1 aliphatic rings. The second kappa shape index (κ2) is 4.59. The van der Waals surface area contributed by atoms with Crippen molar-refractivity contribution >= 4 is 46.5 Å². The number of nitrogens with zero attached hydrogens (tertiary/aromatic N) is 1. The molecule has 0 spiro atoms. The standard InChI is InChI=1S/C11H7Cl2NO4/c1-18-8(15)4-14-7-3-5(12)2-6(13)9(7)10(16)11(14)17/h2-3H,4H2,1H3. The lowest BCUT2D eigenvalue weighted by molar-refractivity contribution is -0.139. The van der Waals surface area contributed by atoms with Crippen LogP contribution in [0.15, 0.2) is 12.1 Å². The van der Waals surface area contributed by atoms with Crippen molar-refractivity contribution in [1.82, 2.24) is 0 Å². The minimum absolute atomic E-state index is 0.0648. The molecule has 0 saturated heterocycles. The van der Waals surface area contributed by atoms with Crippen LogP contribution in [-0.2, 0) is 14.3 Å². The summed E-state index contributed by atoms with van der Waals surface area (Å²) in [5, 5.41) is 0.360. The summed E-state index contributed by atoms with van der Waals surface area (Å²) in [4.78, 5) is 35.7. The Morgan fingerprint density at radius 3 is 2.61 bits per heavy atom. The van der Waals surface area contributed by atoms with Gasteiger partial charge in [-0.25, -0.2) is 0 Å². The second-order valence-electron chi connectivity index (χ2n) is 3.58. The second-order valence-corrected chi connectivity index (χ2v) is 4.42. The number of amides is 1. The van der Waals surface area contributed by atoms with Crippen molar-refractivity contribution < 1.29 is 19.1 Å². The zero-order valence-electron chi connectivity index (χ0n) is 9.20. The number of carbonyl (C=O) groups excluding carboxylic acids is 3. The van der Waals surface area contributed by atoms with E-state index in [4.69, 9.17) is 23.2 Å². The summed E-state index contributed by atoms with van der Waals surface area (Å²) < 4.78 is 4.46. The van der Waals surface area contributed by atoms with Gasteiger partial charge >= 0.3 is 5.97 Å². The molecule has 0 unspecified atom stereocenters. The van der Waals surface area contributed by atoms with E-state index in [0.29, 0.717) is 0 Å². The van der Waals surface area contributed by atoms with E-state index >= 15 is 0 Å². The molecule has 0 N–H and O–H groups in total. The molecule has 0 radical (unpaired) electrons. The number of fused-ring (bicyclic) bond motifs is 1. The highest BCUT2D eigenvalue weighted by molar-refractivity contribution is 6.56. The van der Waals surface area contributed by atoms with E-state index in [1.54, 1.807) is 0 Å². The molecule has 7 heteroatoms. The molecule has 0 atom stereocenters. The highest BCUT2D eigenvalue weighted by atomic mass is 35.5. The van der Waals surface area contributed by atoms with Crippen LogP contribution in [0.1, 0.15) is 10.4 Å². The largest absolute Gasteiger partial charge is 0.468 e. The van der Waals surface area contributed by atoms with Crippen LogP contribution in [0.25, 0.3) is 0 Å². The number of esters is 1. The van der Waals surface area contributed by atoms with Crippen molar-refractivity contribution in [1.29, 1.82) is 0 Å². The molecule has 1 aliphatic heterocycles. The van der Waals surface area contributed by atoms with E-state index in [1.807, 2.05) is 0 Å². The zero-order chi connectivity index (χ0) is 13.4. The first-order valence-electron chi connectivity index (χ1n) is 4.87. The normalized spacial score (nSPS) is 13.8. The number of halogens is 2. The minimum atomic E-state index is -0.820. The Hall–Kier alpha value is -1.59. The average Bonchev–Trinajstić information content (AvgIpc) is 2.54. The van der Waals surface area contributed by atoms with Gasteiger partial charge in [-0.3, -0.25) is 19.3 Å². The topological polar surface area (TPSA) is 63.7 Å². The number of rotatable bonds is 2. The fourth-order valence-electron chi connectivity index (χ4n) is 1.69. The van der Waals surface area contributed by atoms with Crippen LogP contribution in [0.4, 0.5) is 5.69 Å². The van der Waals surface area contributed by atoms with E-state index in [0.717, 1.165) is 4.90 Å². The Labute approximate surface area is 112 Å². The molecule has 0 bridgehead atoms. The van der Waals surface area contributed by atoms with E-state index in [9.17, 15) is 14.4 Å². The smallest absolute Gasteiger partial charge is 0.325 e. The molecule has 0 fully saturated rings. The van der Waals surface area contributed by atoms with Gasteiger partial charge < -0.3 is 4.74 Å². The molecule has 5 nitrogen and oxygen atoms in total. The number of hydrogen-bond donors (Lipinski definition) is 0. The number of ketones is 1. The molecule has 1 aromatic rings. The first kappa shape index (κ1) is 12.9. The van der Waals surface area contributed by atoms with Gasteiger partial charge in [0.05, 0.1) is 23.4 Å². The van der Waals surface area contributed by atoms with Gasteiger partial charge in [0.25, 0.3) is 11.7 Å². The minimum Gasteiger partial charge on any atom is -0.468 e. The Kier molecular flexibility index (Phi) is 3.28. The fraction of sp³-hybridized carbons (Fsp3) is 0.182. The molecule has 2 rings (SSSR count). The van der Waals surface area contributed by atoms with Crippen LogP contribution >= 0.6 is 23.2 Å². The quantitative estimate of drug-likeness (QED) is 0.613. The molecular weight excluding hydrogens is 281 g/mol. The summed E-state index contributed by atoms with van der Waals surface area (Å²) >= 11 is 11.7. The number of carbonyl (C=O) groups is 3. The number of hydrogen-bond acceptors (Lipinski definition) is 4. The van der Waals surface area contributed by atoms with Crippen molar-refractivity contribution in [2.45, 2.75) is 0 Å². The Morgan fingerprint density at radius 2 is 2.00 bits per heavy atom. The maximum absolute atomic E-state index is 11.7. The summed E-state index contributed by atoms with van der Waals surface area (Å²) in [6.45, 7) is -0.356. The van der Waals surface area contributed by atoms with Crippen LogP contribution < -0.4 is 4.90 Å². The number of Topliss-reactive ketones (excluding diaryl/α,β-unsaturated/α-hetero) is 1. The van der Waals surface area contributed by atoms with Gasteiger partial charge in [-0.05, 0) is 12.1 Å². The molecule has 0 aromatic heterocycles. The molecule has 1 heterocycles. The van der Waals surface area contributed by atoms with E-state index in [2.05, 4.69) is 4.74 Å². The number of methoxy groups -OCH3 is 1. The SMILES string of the molecule is COC(=O)CN1C(=O)C(=O)c2c(Cl)cc(Cl)cc21. The monoisotopic (exact) mass is 287 g/mol. The van der Waals surface area contributed by atoms with Crippen LogP contribution in [-0.4, -0.2) is 31.3 Å². The predicted octanol–water partition coefficient (Wildman–Crippen LogP) is 1.70. The third kappa shape index (κ3) is 1.95. The summed E-state index contributed by atoms with van der Waals surface area (Å²) in [5.74, 6) is -2.21. The Morgan fingerprint density at radius 1 is 1.33 bits per heavy atom. The molecule has 1 aromatic carbocycles. The van der Waals surface area contributed by atoms with Gasteiger partial charge in [0.15, 0.2) is 0 Å². The van der Waals surface area contributed by atoms with E-state index in [-0.39, 0.29) is 27.8 Å². The van der Waals surface area contributed by atoms with Gasteiger partial charge in [0, 0.05) is 5.02 Å². The van der Waals surface area contributed by atoms with Crippen molar-refractivity contribution in [2.24, 2.45) is 0 Å². The van der Waals surface area contributed by atoms with Crippen molar-refractivity contribution in [3.05, 3.63) is 27.7 Å². The third-order valence-corrected chi connectivity index (χ3v) is 3.02. The van der Waals surface area contributed by atoms with Crippen molar-refractivity contribution in [3.8, 4) is 0 Å². The first-order valence-corrected chi connectivity index (χ1v) is 5.63. The predicted molar refractivity (Wildman–Crippen MR) is 65.2 cm³/mol. The Bertz CT molecular complexity index is 570. The average molecular weight is 288 g/mol. The van der Waals surface area contributed by atoms with Crippen LogP contribution in [0.2, 0.25) is 10.0 Å². The van der Waals surface area contributed by atoms with Crippen LogP contribution in [0.3, 0.4) is 0 Å². The fourth-order valence-corrected chi connectivity index (χ4v) is 2.26. The molecule has 94 valence electrons.